The number of benzene rings is 1. The number of carbonyl (C=O) groups excluding carboxylic acids is 1. The average Bonchev–Trinajstić information content (AvgIpc) is 2.28. The third kappa shape index (κ3) is 4.66. The highest BCUT2D eigenvalue weighted by atomic mass is 16.5. The minimum Gasteiger partial charge on any atom is -0.493 e. The molecule has 80 valence electrons. The van der Waals surface area contributed by atoms with E-state index in [-0.39, 0.29) is 0 Å². The Bertz CT molecular complexity index is 325. The first-order chi connectivity index (χ1) is 7.33. The van der Waals surface area contributed by atoms with Gasteiger partial charge in [-0.05, 0) is 12.1 Å². The average molecular weight is 207 g/mol. The molecule has 15 heavy (non-hydrogen) atoms. The summed E-state index contributed by atoms with van der Waals surface area (Å²) < 4.78 is 5.38. The van der Waals surface area contributed by atoms with Crippen molar-refractivity contribution in [3.8, 4) is 5.75 Å². The number of amides is 1. The number of para-hydroxylation sites is 1. The molecule has 0 saturated carbocycles. The van der Waals surface area contributed by atoms with E-state index < -0.39 is 0 Å². The smallest absolute Gasteiger partial charge is 0.227 e. The number of amidine groups is 1. The predicted octanol–water partition coefficient (Wildman–Crippen LogP) is 0.474. The highest BCUT2D eigenvalue weighted by molar-refractivity contribution is 5.80. The van der Waals surface area contributed by atoms with Crippen molar-refractivity contribution in [1.82, 2.24) is 5.43 Å². The molecule has 1 rings (SSSR count). The number of carbonyl (C=O) groups is 1. The van der Waals surface area contributed by atoms with Gasteiger partial charge in [0.1, 0.15) is 11.6 Å². The van der Waals surface area contributed by atoms with Gasteiger partial charge in [0.25, 0.3) is 0 Å². The first-order valence-electron chi connectivity index (χ1n) is 4.52. The summed E-state index contributed by atoms with van der Waals surface area (Å²) in [5.41, 5.74) is 7.60. The lowest BCUT2D eigenvalue weighted by molar-refractivity contribution is -0.109. The largest absolute Gasteiger partial charge is 0.493 e. The van der Waals surface area contributed by atoms with Crippen molar-refractivity contribution in [2.24, 2.45) is 10.8 Å². The molecular weight excluding hydrogens is 194 g/mol. The summed E-state index contributed by atoms with van der Waals surface area (Å²) in [6.07, 6.45) is 0.931. The summed E-state index contributed by atoms with van der Waals surface area (Å²) >= 11 is 0. The number of hydrogen-bond donors (Lipinski definition) is 2. The van der Waals surface area contributed by atoms with Crippen LogP contribution >= 0.6 is 0 Å². The monoisotopic (exact) mass is 207 g/mol. The molecule has 0 atom stereocenters. The summed E-state index contributed by atoms with van der Waals surface area (Å²) in [6.45, 7) is 0.430. The first kappa shape index (κ1) is 11.0. The second-order valence-electron chi connectivity index (χ2n) is 2.76. The fraction of sp³-hybridized carbons (Fsp3) is 0.200. The van der Waals surface area contributed by atoms with Gasteiger partial charge in [-0.3, -0.25) is 4.79 Å². The van der Waals surface area contributed by atoms with Crippen LogP contribution in [0.3, 0.4) is 0 Å². The van der Waals surface area contributed by atoms with Crippen molar-refractivity contribution in [1.29, 1.82) is 0 Å². The Kier molecular flexibility index (Phi) is 4.72. The lowest BCUT2D eigenvalue weighted by atomic mass is 10.3. The number of ether oxygens (including phenoxy) is 1. The molecule has 0 unspecified atom stereocenters. The molecule has 1 amide bonds. The minimum atomic E-state index is 0.332. The van der Waals surface area contributed by atoms with Crippen LogP contribution < -0.4 is 15.9 Å². The van der Waals surface area contributed by atoms with Crippen LogP contribution in [0, 0.1) is 0 Å². The van der Waals surface area contributed by atoms with Gasteiger partial charge in [-0.2, -0.15) is 5.10 Å². The molecule has 3 N–H and O–H groups in total. The van der Waals surface area contributed by atoms with Crippen LogP contribution in [0.25, 0.3) is 0 Å². The molecule has 0 aromatic heterocycles. The highest BCUT2D eigenvalue weighted by Crippen LogP contribution is 2.07. The van der Waals surface area contributed by atoms with Crippen LogP contribution in [-0.2, 0) is 4.79 Å². The summed E-state index contributed by atoms with van der Waals surface area (Å²) in [4.78, 5) is 9.90. The maximum absolute atomic E-state index is 9.90. The number of hydrogen-bond acceptors (Lipinski definition) is 3. The lowest BCUT2D eigenvalue weighted by Gasteiger charge is -2.04. The molecule has 5 nitrogen and oxygen atoms in total. The summed E-state index contributed by atoms with van der Waals surface area (Å²) in [6, 6.07) is 9.41. The zero-order valence-corrected chi connectivity index (χ0v) is 8.22. The van der Waals surface area contributed by atoms with Crippen molar-refractivity contribution < 1.29 is 9.53 Å². The Balaban J connectivity index is 2.24. The van der Waals surface area contributed by atoms with E-state index in [1.165, 1.54) is 0 Å². The molecule has 5 heteroatoms. The molecule has 0 aliphatic carbocycles. The van der Waals surface area contributed by atoms with E-state index in [4.69, 9.17) is 10.5 Å². The summed E-state index contributed by atoms with van der Waals surface area (Å²) in [7, 11) is 0. The number of nitrogens with zero attached hydrogens (tertiary/aromatic N) is 1. The number of hydrazone groups is 1. The van der Waals surface area contributed by atoms with Gasteiger partial charge >= 0.3 is 0 Å². The number of nitrogens with two attached hydrogens (primary N) is 1. The SMILES string of the molecule is N/C(CCOc1ccccc1)=N/NC=O. The Morgan fingerprint density at radius 3 is 2.87 bits per heavy atom. The molecule has 0 radical (unpaired) electrons. The second-order valence-corrected chi connectivity index (χ2v) is 2.76. The van der Waals surface area contributed by atoms with Crippen LogP contribution in [0.2, 0.25) is 0 Å². The van der Waals surface area contributed by atoms with E-state index in [2.05, 4.69) is 10.5 Å². The number of nitrogens with one attached hydrogen (secondary N) is 1. The van der Waals surface area contributed by atoms with E-state index in [9.17, 15) is 4.79 Å². The Hall–Kier alpha value is -2.04. The van der Waals surface area contributed by atoms with Gasteiger partial charge < -0.3 is 10.5 Å². The van der Waals surface area contributed by atoms with Gasteiger partial charge in [-0.15, -0.1) is 0 Å². The third-order valence-corrected chi connectivity index (χ3v) is 1.63. The molecule has 0 aliphatic heterocycles. The lowest BCUT2D eigenvalue weighted by Crippen LogP contribution is -2.19. The molecule has 0 heterocycles. The molecule has 1 aromatic rings. The fourth-order valence-corrected chi connectivity index (χ4v) is 0.955. The first-order valence-corrected chi connectivity index (χ1v) is 4.52. The van der Waals surface area contributed by atoms with Crippen molar-refractivity contribution in [3.05, 3.63) is 30.3 Å². The molecule has 0 bridgehead atoms. The van der Waals surface area contributed by atoms with Crippen molar-refractivity contribution in [2.75, 3.05) is 6.61 Å². The molecular formula is C10H13N3O2. The van der Waals surface area contributed by atoms with Crippen molar-refractivity contribution in [2.45, 2.75) is 6.42 Å². The topological polar surface area (TPSA) is 76.7 Å². The van der Waals surface area contributed by atoms with Crippen LogP contribution in [0.15, 0.2) is 35.4 Å². The normalized spacial score (nSPS) is 10.8. The summed E-state index contributed by atoms with van der Waals surface area (Å²) in [5.74, 6) is 1.12. The van der Waals surface area contributed by atoms with Crippen LogP contribution in [0.1, 0.15) is 6.42 Å². The van der Waals surface area contributed by atoms with Crippen LogP contribution in [-0.4, -0.2) is 18.9 Å². The van der Waals surface area contributed by atoms with Gasteiger partial charge in [0, 0.05) is 6.42 Å². The van der Waals surface area contributed by atoms with Crippen molar-refractivity contribution >= 4 is 12.2 Å². The van der Waals surface area contributed by atoms with Gasteiger partial charge in [0.15, 0.2) is 0 Å². The van der Waals surface area contributed by atoms with Crippen LogP contribution in [0.5, 0.6) is 5.75 Å². The zero-order valence-electron chi connectivity index (χ0n) is 8.22. The molecule has 0 fully saturated rings. The van der Waals surface area contributed by atoms with E-state index in [1.807, 2.05) is 30.3 Å². The minimum absolute atomic E-state index is 0.332. The highest BCUT2D eigenvalue weighted by Gasteiger charge is 1.94. The zero-order chi connectivity index (χ0) is 10.9. The Labute approximate surface area is 87.9 Å². The predicted molar refractivity (Wildman–Crippen MR) is 57.4 cm³/mol. The number of rotatable bonds is 6. The van der Waals surface area contributed by atoms with Gasteiger partial charge in [-0.1, -0.05) is 18.2 Å². The molecule has 0 spiro atoms. The van der Waals surface area contributed by atoms with Crippen molar-refractivity contribution in [3.63, 3.8) is 0 Å². The van der Waals surface area contributed by atoms with E-state index >= 15 is 0 Å². The second kappa shape index (κ2) is 6.42. The fourth-order valence-electron chi connectivity index (χ4n) is 0.955. The Morgan fingerprint density at radius 2 is 2.20 bits per heavy atom. The summed E-state index contributed by atoms with van der Waals surface area (Å²) in [5, 5.41) is 3.57. The maximum Gasteiger partial charge on any atom is 0.227 e. The van der Waals surface area contributed by atoms with E-state index in [0.29, 0.717) is 25.3 Å². The third-order valence-electron chi connectivity index (χ3n) is 1.63. The molecule has 0 aliphatic rings. The van der Waals surface area contributed by atoms with Gasteiger partial charge in [0.05, 0.1) is 6.61 Å². The quantitative estimate of drug-likeness (QED) is 0.308. The van der Waals surface area contributed by atoms with Gasteiger partial charge in [-0.25, -0.2) is 5.43 Å². The standard InChI is InChI=1S/C10H13N3O2/c11-10(13-12-8-14)6-7-15-9-4-2-1-3-5-9/h1-5,8H,6-7H2,(H2,11,13)(H,12,14). The van der Waals surface area contributed by atoms with E-state index in [0.717, 1.165) is 5.75 Å². The maximum atomic E-state index is 9.90. The Morgan fingerprint density at radius 1 is 1.47 bits per heavy atom. The van der Waals surface area contributed by atoms with Crippen LogP contribution in [0.4, 0.5) is 0 Å². The van der Waals surface area contributed by atoms with E-state index in [1.54, 1.807) is 0 Å². The van der Waals surface area contributed by atoms with Gasteiger partial charge in [0.2, 0.25) is 6.41 Å². The molecule has 1 aromatic carbocycles. The molecule has 0 saturated heterocycles.